The SMILES string of the molecule is CSc1ccccc1C(=O)Nc1c(F)cc(F)cc1Br. The lowest BCUT2D eigenvalue weighted by Gasteiger charge is -2.11. The molecule has 1 N–H and O–H groups in total. The number of hydrogen-bond donors (Lipinski definition) is 1. The Bertz CT molecular complexity index is 640. The normalized spacial score (nSPS) is 10.4. The summed E-state index contributed by atoms with van der Waals surface area (Å²) in [5.74, 6) is -1.98. The molecule has 0 bridgehead atoms. The predicted molar refractivity (Wildman–Crippen MR) is 80.2 cm³/mol. The first kappa shape index (κ1) is 15.0. The summed E-state index contributed by atoms with van der Waals surface area (Å²) in [7, 11) is 0. The van der Waals surface area contributed by atoms with Crippen LogP contribution in [0, 0.1) is 11.6 Å². The molecule has 0 unspecified atom stereocenters. The summed E-state index contributed by atoms with van der Waals surface area (Å²) < 4.78 is 26.8. The molecule has 0 atom stereocenters. The molecule has 20 heavy (non-hydrogen) atoms. The van der Waals surface area contributed by atoms with Gasteiger partial charge in [-0.05, 0) is 40.4 Å². The summed E-state index contributed by atoms with van der Waals surface area (Å²) in [5, 5.41) is 2.46. The highest BCUT2D eigenvalue weighted by Crippen LogP contribution is 2.28. The first-order chi connectivity index (χ1) is 9.52. The Balaban J connectivity index is 2.33. The van der Waals surface area contributed by atoms with Crippen LogP contribution < -0.4 is 5.32 Å². The number of hydrogen-bond acceptors (Lipinski definition) is 2. The van der Waals surface area contributed by atoms with Gasteiger partial charge >= 0.3 is 0 Å². The van der Waals surface area contributed by atoms with Gasteiger partial charge in [0.05, 0.1) is 11.3 Å². The summed E-state index contributed by atoms with van der Waals surface area (Å²) >= 11 is 4.45. The predicted octanol–water partition coefficient (Wildman–Crippen LogP) is 4.70. The van der Waals surface area contributed by atoms with Crippen molar-refractivity contribution in [2.45, 2.75) is 4.90 Å². The summed E-state index contributed by atoms with van der Waals surface area (Å²) in [5.41, 5.74) is 0.364. The van der Waals surface area contributed by atoms with Crippen LogP contribution in [-0.4, -0.2) is 12.2 Å². The monoisotopic (exact) mass is 357 g/mol. The van der Waals surface area contributed by atoms with Crippen LogP contribution >= 0.6 is 27.7 Å². The number of thioether (sulfide) groups is 1. The third-order valence-electron chi connectivity index (χ3n) is 2.60. The molecule has 0 fully saturated rings. The second-order valence-electron chi connectivity index (χ2n) is 3.90. The number of amides is 1. The molecule has 0 aliphatic heterocycles. The molecule has 0 saturated carbocycles. The van der Waals surface area contributed by atoms with Crippen molar-refractivity contribution in [3.05, 3.63) is 58.1 Å². The van der Waals surface area contributed by atoms with E-state index in [4.69, 9.17) is 0 Å². The average molecular weight is 358 g/mol. The van der Waals surface area contributed by atoms with Gasteiger partial charge in [-0.25, -0.2) is 8.78 Å². The van der Waals surface area contributed by atoms with Crippen LogP contribution in [0.25, 0.3) is 0 Å². The van der Waals surface area contributed by atoms with E-state index in [1.54, 1.807) is 18.2 Å². The Labute approximate surface area is 127 Å². The summed E-state index contributed by atoms with van der Waals surface area (Å²) in [6.45, 7) is 0. The number of benzene rings is 2. The van der Waals surface area contributed by atoms with Crippen molar-refractivity contribution >= 4 is 39.3 Å². The third kappa shape index (κ3) is 3.19. The van der Waals surface area contributed by atoms with Crippen LogP contribution in [0.1, 0.15) is 10.4 Å². The van der Waals surface area contributed by atoms with E-state index >= 15 is 0 Å². The van der Waals surface area contributed by atoms with E-state index in [1.165, 1.54) is 11.8 Å². The van der Waals surface area contributed by atoms with E-state index in [2.05, 4.69) is 21.2 Å². The van der Waals surface area contributed by atoms with Crippen molar-refractivity contribution in [2.24, 2.45) is 0 Å². The van der Waals surface area contributed by atoms with Crippen LogP contribution in [0.15, 0.2) is 45.8 Å². The second kappa shape index (κ2) is 6.37. The topological polar surface area (TPSA) is 29.1 Å². The number of rotatable bonds is 3. The molecule has 2 nitrogen and oxygen atoms in total. The molecule has 0 spiro atoms. The van der Waals surface area contributed by atoms with Gasteiger partial charge in [0.1, 0.15) is 5.82 Å². The molecule has 2 aromatic rings. The first-order valence-corrected chi connectivity index (χ1v) is 7.63. The molecule has 2 aromatic carbocycles. The van der Waals surface area contributed by atoms with E-state index in [0.29, 0.717) is 5.56 Å². The largest absolute Gasteiger partial charge is 0.318 e. The number of carbonyl (C=O) groups is 1. The number of nitrogens with one attached hydrogen (secondary N) is 1. The van der Waals surface area contributed by atoms with Gasteiger partial charge in [0, 0.05) is 15.4 Å². The van der Waals surface area contributed by atoms with E-state index in [0.717, 1.165) is 17.0 Å². The maximum atomic E-state index is 13.7. The fraction of sp³-hybridized carbons (Fsp3) is 0.0714. The Morgan fingerprint density at radius 3 is 2.60 bits per heavy atom. The van der Waals surface area contributed by atoms with Gasteiger partial charge in [-0.15, -0.1) is 11.8 Å². The molecule has 0 aromatic heterocycles. The van der Waals surface area contributed by atoms with Gasteiger partial charge < -0.3 is 5.32 Å². The van der Waals surface area contributed by atoms with Gasteiger partial charge in [-0.2, -0.15) is 0 Å². The lowest BCUT2D eigenvalue weighted by Crippen LogP contribution is -2.14. The quantitative estimate of drug-likeness (QED) is 0.806. The first-order valence-electron chi connectivity index (χ1n) is 5.62. The van der Waals surface area contributed by atoms with E-state index in [-0.39, 0.29) is 10.2 Å². The van der Waals surface area contributed by atoms with Gasteiger partial charge in [-0.1, -0.05) is 12.1 Å². The fourth-order valence-corrected chi connectivity index (χ4v) is 2.78. The summed E-state index contributed by atoms with van der Waals surface area (Å²) in [4.78, 5) is 13.0. The molecule has 0 saturated heterocycles. The lowest BCUT2D eigenvalue weighted by molar-refractivity contribution is 0.102. The highest BCUT2D eigenvalue weighted by atomic mass is 79.9. The molecule has 104 valence electrons. The van der Waals surface area contributed by atoms with Gasteiger partial charge in [0.15, 0.2) is 5.82 Å². The minimum Gasteiger partial charge on any atom is -0.318 e. The number of halogens is 3. The number of anilines is 1. The zero-order valence-electron chi connectivity index (χ0n) is 10.4. The zero-order valence-corrected chi connectivity index (χ0v) is 12.8. The Morgan fingerprint density at radius 1 is 1.25 bits per heavy atom. The van der Waals surface area contributed by atoms with Crippen LogP contribution in [0.3, 0.4) is 0 Å². The highest BCUT2D eigenvalue weighted by Gasteiger charge is 2.15. The molecule has 6 heteroatoms. The molecule has 0 radical (unpaired) electrons. The van der Waals surface area contributed by atoms with Crippen molar-refractivity contribution in [1.29, 1.82) is 0 Å². The lowest BCUT2D eigenvalue weighted by atomic mass is 10.2. The average Bonchev–Trinajstić information content (AvgIpc) is 2.42. The van der Waals surface area contributed by atoms with Crippen molar-refractivity contribution in [3.8, 4) is 0 Å². The Kier molecular flexibility index (Phi) is 4.77. The van der Waals surface area contributed by atoms with E-state index in [9.17, 15) is 13.6 Å². The van der Waals surface area contributed by atoms with Crippen LogP contribution in [-0.2, 0) is 0 Å². The molecule has 2 rings (SSSR count). The van der Waals surface area contributed by atoms with E-state index < -0.39 is 17.5 Å². The van der Waals surface area contributed by atoms with E-state index in [1.807, 2.05) is 12.3 Å². The highest BCUT2D eigenvalue weighted by molar-refractivity contribution is 9.10. The van der Waals surface area contributed by atoms with Crippen molar-refractivity contribution < 1.29 is 13.6 Å². The molecular weight excluding hydrogens is 348 g/mol. The van der Waals surface area contributed by atoms with Crippen LogP contribution in [0.5, 0.6) is 0 Å². The number of carbonyl (C=O) groups excluding carboxylic acids is 1. The fourth-order valence-electron chi connectivity index (χ4n) is 1.67. The molecular formula is C14H10BrF2NOS. The summed E-state index contributed by atoms with van der Waals surface area (Å²) in [6.07, 6.45) is 1.85. The Hall–Kier alpha value is -1.40. The molecule has 0 aliphatic carbocycles. The minimum atomic E-state index is -0.827. The third-order valence-corrected chi connectivity index (χ3v) is 4.02. The van der Waals surface area contributed by atoms with Gasteiger partial charge in [-0.3, -0.25) is 4.79 Å². The van der Waals surface area contributed by atoms with Crippen molar-refractivity contribution in [2.75, 3.05) is 11.6 Å². The molecule has 0 aliphatic rings. The van der Waals surface area contributed by atoms with Crippen molar-refractivity contribution in [3.63, 3.8) is 0 Å². The molecule has 1 amide bonds. The maximum Gasteiger partial charge on any atom is 0.256 e. The van der Waals surface area contributed by atoms with Crippen molar-refractivity contribution in [1.82, 2.24) is 0 Å². The van der Waals surface area contributed by atoms with Crippen LogP contribution in [0.4, 0.5) is 14.5 Å². The van der Waals surface area contributed by atoms with Crippen LogP contribution in [0.2, 0.25) is 0 Å². The zero-order chi connectivity index (χ0) is 14.7. The molecule has 0 heterocycles. The maximum absolute atomic E-state index is 13.7. The minimum absolute atomic E-state index is 0.0766. The Morgan fingerprint density at radius 2 is 1.95 bits per heavy atom. The van der Waals surface area contributed by atoms with Gasteiger partial charge in [0.2, 0.25) is 0 Å². The van der Waals surface area contributed by atoms with Gasteiger partial charge in [0.25, 0.3) is 5.91 Å². The second-order valence-corrected chi connectivity index (χ2v) is 5.60. The standard InChI is InChI=1S/C14H10BrF2NOS/c1-20-12-5-3-2-4-9(12)14(19)18-13-10(15)6-8(16)7-11(13)17/h2-7H,1H3,(H,18,19). The summed E-state index contributed by atoms with van der Waals surface area (Å²) in [6, 6.07) is 8.81. The smallest absolute Gasteiger partial charge is 0.256 e.